The predicted molar refractivity (Wildman–Crippen MR) is 267 cm³/mol. The molecule has 63 heavy (non-hydrogen) atoms. The molecule has 0 aliphatic heterocycles. The van der Waals surface area contributed by atoms with E-state index in [1.165, 1.54) is 76.5 Å². The van der Waals surface area contributed by atoms with Crippen molar-refractivity contribution in [2.24, 2.45) is 0 Å². The third-order valence-electron chi connectivity index (χ3n) is 13.8. The molecule has 0 spiro atoms. The average molecular weight is 804 g/mol. The van der Waals surface area contributed by atoms with Crippen LogP contribution in [0.25, 0.3) is 98.4 Å². The minimum absolute atomic E-state index is 0.163. The summed E-state index contributed by atoms with van der Waals surface area (Å²) in [4.78, 5) is 2.47. The first-order chi connectivity index (χ1) is 31.0. The van der Waals surface area contributed by atoms with E-state index >= 15 is 0 Å². The van der Waals surface area contributed by atoms with Crippen LogP contribution < -0.4 is 4.90 Å². The standard InChI is InChI=1S/C61H41NO/c1-61(2)54-21-11-9-19-50(54)51-32-30-44(37-55(51)61)62(43-28-25-39(26-29-43)53-36-40-14-4-6-16-46(40)48-17-7-8-18-49(48)53)56-33-34-58-60(52-20-10-12-22-57(52)63-58)59(56)42-27-31-47-41(35-42)24-23-38-13-3-5-15-45(38)47/h3-37H,1-2H3. The number of fused-ring (bicyclic) bond motifs is 12. The smallest absolute Gasteiger partial charge is 0.136 e. The molecule has 0 radical (unpaired) electrons. The van der Waals surface area contributed by atoms with Crippen molar-refractivity contribution in [1.29, 1.82) is 0 Å². The van der Waals surface area contributed by atoms with Crippen LogP contribution >= 0.6 is 0 Å². The molecule has 1 heterocycles. The fourth-order valence-electron chi connectivity index (χ4n) is 10.8. The number of benzene rings is 11. The lowest BCUT2D eigenvalue weighted by atomic mass is 9.82. The van der Waals surface area contributed by atoms with E-state index in [-0.39, 0.29) is 5.41 Å². The van der Waals surface area contributed by atoms with Crippen LogP contribution in [0.15, 0.2) is 217 Å². The second-order valence-corrected chi connectivity index (χ2v) is 17.6. The molecular weight excluding hydrogens is 763 g/mol. The van der Waals surface area contributed by atoms with Gasteiger partial charge in [0.15, 0.2) is 0 Å². The normalized spacial score (nSPS) is 13.0. The summed E-state index contributed by atoms with van der Waals surface area (Å²) in [7, 11) is 0. The Kier molecular flexibility index (Phi) is 7.68. The van der Waals surface area contributed by atoms with Crippen LogP contribution in [0.5, 0.6) is 0 Å². The lowest BCUT2D eigenvalue weighted by Gasteiger charge is -2.30. The van der Waals surface area contributed by atoms with E-state index in [9.17, 15) is 0 Å². The molecule has 2 nitrogen and oxygen atoms in total. The van der Waals surface area contributed by atoms with Gasteiger partial charge >= 0.3 is 0 Å². The highest BCUT2D eigenvalue weighted by Gasteiger charge is 2.36. The Hall–Kier alpha value is -7.94. The van der Waals surface area contributed by atoms with Gasteiger partial charge in [0.05, 0.1) is 5.69 Å². The number of anilines is 3. The molecule has 11 aromatic carbocycles. The van der Waals surface area contributed by atoms with E-state index < -0.39 is 0 Å². The van der Waals surface area contributed by atoms with Crippen LogP contribution in [0.3, 0.4) is 0 Å². The van der Waals surface area contributed by atoms with Crippen molar-refractivity contribution in [1.82, 2.24) is 0 Å². The summed E-state index contributed by atoms with van der Waals surface area (Å²) in [5, 5.41) is 12.2. The highest BCUT2D eigenvalue weighted by atomic mass is 16.3. The van der Waals surface area contributed by atoms with Crippen LogP contribution in [0, 0.1) is 0 Å². The molecule has 2 heteroatoms. The van der Waals surface area contributed by atoms with Gasteiger partial charge in [0.1, 0.15) is 11.2 Å². The molecule has 0 amide bonds. The van der Waals surface area contributed by atoms with Gasteiger partial charge in [-0.25, -0.2) is 0 Å². The quantitative estimate of drug-likeness (QED) is 0.161. The monoisotopic (exact) mass is 803 g/mol. The van der Waals surface area contributed by atoms with Crippen molar-refractivity contribution in [2.75, 3.05) is 4.90 Å². The summed E-state index contributed by atoms with van der Waals surface area (Å²) >= 11 is 0. The van der Waals surface area contributed by atoms with Crippen molar-refractivity contribution in [3.05, 3.63) is 223 Å². The summed E-state index contributed by atoms with van der Waals surface area (Å²) in [5.41, 5.74) is 14.9. The maximum Gasteiger partial charge on any atom is 0.136 e. The Balaban J connectivity index is 1.07. The summed E-state index contributed by atoms with van der Waals surface area (Å²) < 4.78 is 6.64. The molecular formula is C61H41NO. The van der Waals surface area contributed by atoms with Crippen molar-refractivity contribution < 1.29 is 4.42 Å². The van der Waals surface area contributed by atoms with E-state index in [2.05, 4.69) is 231 Å². The molecule has 1 aromatic heterocycles. The maximum atomic E-state index is 6.64. The zero-order valence-corrected chi connectivity index (χ0v) is 35.1. The van der Waals surface area contributed by atoms with Crippen LogP contribution in [0.2, 0.25) is 0 Å². The zero-order chi connectivity index (χ0) is 41.8. The van der Waals surface area contributed by atoms with Gasteiger partial charge in [-0.1, -0.05) is 172 Å². The van der Waals surface area contributed by atoms with Crippen LogP contribution in [-0.4, -0.2) is 0 Å². The summed E-state index contributed by atoms with van der Waals surface area (Å²) in [5.74, 6) is 0. The SMILES string of the molecule is CC1(C)c2ccccc2-c2ccc(N(c3ccc(-c4cc5ccccc5c5ccccc45)cc3)c3ccc4oc5ccccc5c4c3-c3ccc4c(ccc5ccccc54)c3)cc21. The van der Waals surface area contributed by atoms with Crippen LogP contribution in [-0.2, 0) is 5.41 Å². The van der Waals surface area contributed by atoms with Crippen LogP contribution in [0.1, 0.15) is 25.0 Å². The molecule has 1 aliphatic carbocycles. The second-order valence-electron chi connectivity index (χ2n) is 17.6. The average Bonchev–Trinajstić information content (AvgIpc) is 3.83. The maximum absolute atomic E-state index is 6.64. The minimum atomic E-state index is -0.163. The molecule has 1 aliphatic rings. The lowest BCUT2D eigenvalue weighted by Crippen LogP contribution is -2.17. The van der Waals surface area contributed by atoms with E-state index in [1.54, 1.807) is 0 Å². The van der Waals surface area contributed by atoms with Crippen molar-refractivity contribution >= 4 is 82.1 Å². The topological polar surface area (TPSA) is 16.4 Å². The minimum Gasteiger partial charge on any atom is -0.456 e. The fourth-order valence-corrected chi connectivity index (χ4v) is 10.8. The molecule has 0 unspecified atom stereocenters. The highest BCUT2D eigenvalue weighted by molar-refractivity contribution is 6.18. The van der Waals surface area contributed by atoms with Gasteiger partial charge in [-0.3, -0.25) is 0 Å². The Bertz CT molecular complexity index is 3830. The Morgan fingerprint density at radius 3 is 1.81 bits per heavy atom. The molecule has 0 saturated carbocycles. The molecule has 0 N–H and O–H groups in total. The van der Waals surface area contributed by atoms with Gasteiger partial charge in [0.2, 0.25) is 0 Å². The molecule has 0 saturated heterocycles. The van der Waals surface area contributed by atoms with Crippen molar-refractivity contribution in [3.8, 4) is 33.4 Å². The zero-order valence-electron chi connectivity index (χ0n) is 35.1. The number of hydrogen-bond acceptors (Lipinski definition) is 2. The second kappa shape index (κ2) is 13.5. The van der Waals surface area contributed by atoms with Crippen molar-refractivity contribution in [3.63, 3.8) is 0 Å². The van der Waals surface area contributed by atoms with E-state index in [0.717, 1.165) is 50.1 Å². The third-order valence-corrected chi connectivity index (χ3v) is 13.8. The van der Waals surface area contributed by atoms with Crippen molar-refractivity contribution in [2.45, 2.75) is 19.3 Å². The summed E-state index contributed by atoms with van der Waals surface area (Å²) in [6.07, 6.45) is 0. The Morgan fingerprint density at radius 2 is 0.968 bits per heavy atom. The van der Waals surface area contributed by atoms with E-state index in [0.29, 0.717) is 0 Å². The van der Waals surface area contributed by atoms with Gasteiger partial charge in [-0.15, -0.1) is 0 Å². The molecule has 296 valence electrons. The first kappa shape index (κ1) is 35.8. The molecule has 0 bridgehead atoms. The lowest BCUT2D eigenvalue weighted by molar-refractivity contribution is 0.660. The first-order valence-electron chi connectivity index (χ1n) is 21.9. The first-order valence-corrected chi connectivity index (χ1v) is 21.9. The third kappa shape index (κ3) is 5.38. The Labute approximate surface area is 365 Å². The molecule has 0 atom stereocenters. The number of rotatable bonds is 5. The number of nitrogens with zero attached hydrogens (tertiary/aromatic N) is 1. The largest absolute Gasteiger partial charge is 0.456 e. The van der Waals surface area contributed by atoms with Gasteiger partial charge in [0.25, 0.3) is 0 Å². The van der Waals surface area contributed by atoms with Gasteiger partial charge in [-0.05, 0) is 137 Å². The number of furan rings is 1. The van der Waals surface area contributed by atoms with Gasteiger partial charge < -0.3 is 9.32 Å². The Morgan fingerprint density at radius 1 is 0.365 bits per heavy atom. The summed E-state index contributed by atoms with van der Waals surface area (Å²) in [6, 6.07) is 78.1. The highest BCUT2D eigenvalue weighted by Crippen LogP contribution is 2.53. The fraction of sp³-hybridized carbons (Fsp3) is 0.0492. The number of hydrogen-bond donors (Lipinski definition) is 0. The van der Waals surface area contributed by atoms with Gasteiger partial charge in [-0.2, -0.15) is 0 Å². The molecule has 13 rings (SSSR count). The van der Waals surface area contributed by atoms with E-state index in [1.807, 2.05) is 0 Å². The number of para-hydroxylation sites is 1. The van der Waals surface area contributed by atoms with Crippen LogP contribution in [0.4, 0.5) is 17.1 Å². The molecule has 12 aromatic rings. The van der Waals surface area contributed by atoms with E-state index in [4.69, 9.17) is 4.42 Å². The molecule has 0 fully saturated rings. The van der Waals surface area contributed by atoms with Gasteiger partial charge in [0, 0.05) is 33.1 Å². The summed E-state index contributed by atoms with van der Waals surface area (Å²) in [6.45, 7) is 4.73. The predicted octanol–water partition coefficient (Wildman–Crippen LogP) is 17.3.